The predicted octanol–water partition coefficient (Wildman–Crippen LogP) is 1.38. The summed E-state index contributed by atoms with van der Waals surface area (Å²) < 4.78 is 15.9. The molecule has 0 saturated carbocycles. The van der Waals surface area contributed by atoms with E-state index in [4.69, 9.17) is 14.2 Å². The summed E-state index contributed by atoms with van der Waals surface area (Å²) in [6.45, 7) is 12.5. The van der Waals surface area contributed by atoms with E-state index in [0.717, 1.165) is 25.6 Å². The third-order valence-corrected chi connectivity index (χ3v) is 4.00. The highest BCUT2D eigenvalue weighted by Crippen LogP contribution is 2.16. The van der Waals surface area contributed by atoms with Gasteiger partial charge in [0.2, 0.25) is 0 Å². The van der Waals surface area contributed by atoms with Gasteiger partial charge >= 0.3 is 0 Å². The number of hydrogen-bond donors (Lipinski definition) is 1. The fourth-order valence-corrected chi connectivity index (χ4v) is 2.73. The van der Waals surface area contributed by atoms with Gasteiger partial charge in [-0.3, -0.25) is 0 Å². The number of likely N-dealkylation sites (tertiary alicyclic amines) is 1. The van der Waals surface area contributed by atoms with E-state index in [-0.39, 0.29) is 0 Å². The van der Waals surface area contributed by atoms with Crippen LogP contribution in [0.2, 0.25) is 0 Å². The molecule has 0 aliphatic carbocycles. The second-order valence-electron chi connectivity index (χ2n) is 5.84. The van der Waals surface area contributed by atoms with Gasteiger partial charge in [0.25, 0.3) is 0 Å². The van der Waals surface area contributed by atoms with E-state index in [2.05, 4.69) is 24.1 Å². The maximum atomic E-state index is 5.62. The molecule has 1 heterocycles. The minimum atomic E-state index is 0.648. The number of rotatable bonds is 12. The molecular formula is C16H34N2O3. The first-order chi connectivity index (χ1) is 10.3. The fourth-order valence-electron chi connectivity index (χ4n) is 2.73. The van der Waals surface area contributed by atoms with Gasteiger partial charge in [-0.05, 0) is 31.8 Å². The van der Waals surface area contributed by atoms with Gasteiger partial charge in [0.15, 0.2) is 0 Å². The highest BCUT2D eigenvalue weighted by Gasteiger charge is 2.24. The number of nitrogens with one attached hydrogen (secondary N) is 1. The Labute approximate surface area is 130 Å². The van der Waals surface area contributed by atoms with Crippen molar-refractivity contribution >= 4 is 0 Å². The van der Waals surface area contributed by atoms with E-state index in [1.54, 1.807) is 7.11 Å². The zero-order valence-corrected chi connectivity index (χ0v) is 14.1. The predicted molar refractivity (Wildman–Crippen MR) is 85.8 cm³/mol. The molecule has 0 radical (unpaired) electrons. The molecule has 2 atom stereocenters. The van der Waals surface area contributed by atoms with Crippen molar-refractivity contribution in [2.75, 3.05) is 66.3 Å². The maximum absolute atomic E-state index is 5.62. The van der Waals surface area contributed by atoms with Gasteiger partial charge in [-0.1, -0.05) is 13.8 Å². The molecule has 1 N–H and O–H groups in total. The van der Waals surface area contributed by atoms with E-state index in [1.807, 2.05) is 0 Å². The average Bonchev–Trinajstić information content (AvgIpc) is 2.49. The molecule has 0 spiro atoms. The molecule has 1 fully saturated rings. The second-order valence-corrected chi connectivity index (χ2v) is 5.84. The standard InChI is InChI=1S/C16H34N2O3/c1-4-6-17-16-5-7-18(14-15(16)2)8-9-20-12-13-21-11-10-19-3/h15-17H,4-14H2,1-3H3. The molecule has 5 heteroatoms. The Hall–Kier alpha value is -0.200. The van der Waals surface area contributed by atoms with Gasteiger partial charge in [-0.2, -0.15) is 0 Å². The first-order valence-electron chi connectivity index (χ1n) is 8.38. The third-order valence-electron chi connectivity index (χ3n) is 4.00. The molecule has 1 rings (SSSR count). The molecule has 0 aromatic heterocycles. The lowest BCUT2D eigenvalue weighted by molar-refractivity contribution is 0.0157. The van der Waals surface area contributed by atoms with Crippen molar-refractivity contribution in [2.45, 2.75) is 32.7 Å². The zero-order chi connectivity index (χ0) is 15.3. The summed E-state index contributed by atoms with van der Waals surface area (Å²) in [6, 6.07) is 0.691. The first-order valence-corrected chi connectivity index (χ1v) is 8.38. The molecule has 126 valence electrons. The largest absolute Gasteiger partial charge is 0.382 e. The van der Waals surface area contributed by atoms with Crippen LogP contribution in [0.1, 0.15) is 26.7 Å². The van der Waals surface area contributed by atoms with Gasteiger partial charge in [0.1, 0.15) is 0 Å². The summed E-state index contributed by atoms with van der Waals surface area (Å²) in [6.07, 6.45) is 2.47. The van der Waals surface area contributed by atoms with Crippen molar-refractivity contribution in [3.63, 3.8) is 0 Å². The molecule has 2 unspecified atom stereocenters. The van der Waals surface area contributed by atoms with Crippen LogP contribution >= 0.6 is 0 Å². The molecule has 5 nitrogen and oxygen atoms in total. The number of methoxy groups -OCH3 is 1. The quantitative estimate of drug-likeness (QED) is 0.552. The fraction of sp³-hybridized carbons (Fsp3) is 1.00. The number of nitrogens with zero attached hydrogens (tertiary/aromatic N) is 1. The summed E-state index contributed by atoms with van der Waals surface area (Å²) in [4.78, 5) is 2.51. The lowest BCUT2D eigenvalue weighted by Crippen LogP contribution is -2.49. The molecule has 21 heavy (non-hydrogen) atoms. The van der Waals surface area contributed by atoms with Gasteiger partial charge < -0.3 is 24.4 Å². The van der Waals surface area contributed by atoms with Crippen molar-refractivity contribution in [1.29, 1.82) is 0 Å². The Morgan fingerprint density at radius 2 is 1.81 bits per heavy atom. The summed E-state index contributed by atoms with van der Waals surface area (Å²) in [5.74, 6) is 0.725. The highest BCUT2D eigenvalue weighted by atomic mass is 16.5. The Balaban J connectivity index is 1.97. The first kappa shape index (κ1) is 18.8. The van der Waals surface area contributed by atoms with E-state index < -0.39 is 0 Å². The monoisotopic (exact) mass is 302 g/mol. The number of hydrogen-bond acceptors (Lipinski definition) is 5. The normalized spacial score (nSPS) is 23.6. The Bertz CT molecular complexity index is 242. The van der Waals surface area contributed by atoms with Crippen molar-refractivity contribution in [3.05, 3.63) is 0 Å². The molecule has 0 aromatic carbocycles. The molecule has 1 aliphatic rings. The van der Waals surface area contributed by atoms with Crippen LogP contribution in [-0.2, 0) is 14.2 Å². The Kier molecular flexibility index (Phi) is 11.1. The topological polar surface area (TPSA) is 43.0 Å². The van der Waals surface area contributed by atoms with Crippen molar-refractivity contribution < 1.29 is 14.2 Å². The Morgan fingerprint density at radius 1 is 1.10 bits per heavy atom. The zero-order valence-electron chi connectivity index (χ0n) is 14.1. The van der Waals surface area contributed by atoms with Crippen LogP contribution in [0.25, 0.3) is 0 Å². The Morgan fingerprint density at radius 3 is 2.48 bits per heavy atom. The van der Waals surface area contributed by atoms with E-state index in [9.17, 15) is 0 Å². The van der Waals surface area contributed by atoms with Gasteiger partial charge in [0.05, 0.1) is 33.0 Å². The van der Waals surface area contributed by atoms with Crippen LogP contribution in [0.5, 0.6) is 0 Å². The molecule has 0 amide bonds. The average molecular weight is 302 g/mol. The minimum absolute atomic E-state index is 0.648. The van der Waals surface area contributed by atoms with Crippen LogP contribution in [-0.4, -0.2) is 77.3 Å². The van der Waals surface area contributed by atoms with E-state index in [0.29, 0.717) is 32.5 Å². The van der Waals surface area contributed by atoms with Crippen molar-refractivity contribution in [2.24, 2.45) is 5.92 Å². The van der Waals surface area contributed by atoms with Crippen molar-refractivity contribution in [1.82, 2.24) is 10.2 Å². The number of piperidine rings is 1. The van der Waals surface area contributed by atoms with E-state index >= 15 is 0 Å². The lowest BCUT2D eigenvalue weighted by atomic mass is 9.94. The summed E-state index contributed by atoms with van der Waals surface area (Å²) in [7, 11) is 1.68. The highest BCUT2D eigenvalue weighted by molar-refractivity contribution is 4.82. The van der Waals surface area contributed by atoms with E-state index in [1.165, 1.54) is 25.9 Å². The number of ether oxygens (including phenoxy) is 3. The van der Waals surface area contributed by atoms with Crippen LogP contribution in [0, 0.1) is 5.92 Å². The SMILES string of the molecule is CCCNC1CCN(CCOCCOCCOC)CC1C. The van der Waals surface area contributed by atoms with Crippen molar-refractivity contribution in [3.8, 4) is 0 Å². The summed E-state index contributed by atoms with van der Waals surface area (Å²) in [5.41, 5.74) is 0. The molecular weight excluding hydrogens is 268 g/mol. The van der Waals surface area contributed by atoms with Crippen LogP contribution in [0.3, 0.4) is 0 Å². The summed E-state index contributed by atoms with van der Waals surface area (Å²) in [5, 5.41) is 3.66. The second kappa shape index (κ2) is 12.4. The van der Waals surface area contributed by atoms with Gasteiger partial charge in [0, 0.05) is 26.2 Å². The molecule has 1 saturated heterocycles. The van der Waals surface area contributed by atoms with Gasteiger partial charge in [-0.15, -0.1) is 0 Å². The molecule has 0 aromatic rings. The summed E-state index contributed by atoms with van der Waals surface area (Å²) >= 11 is 0. The molecule has 0 bridgehead atoms. The minimum Gasteiger partial charge on any atom is -0.382 e. The molecule has 1 aliphatic heterocycles. The lowest BCUT2D eigenvalue weighted by Gasteiger charge is -2.37. The van der Waals surface area contributed by atoms with Gasteiger partial charge in [-0.25, -0.2) is 0 Å². The smallest absolute Gasteiger partial charge is 0.0701 e. The van der Waals surface area contributed by atoms with Crippen LogP contribution in [0.4, 0.5) is 0 Å². The maximum Gasteiger partial charge on any atom is 0.0701 e. The van der Waals surface area contributed by atoms with Crippen LogP contribution < -0.4 is 5.32 Å². The van der Waals surface area contributed by atoms with Crippen LogP contribution in [0.15, 0.2) is 0 Å². The third kappa shape index (κ3) is 8.73.